The largest absolute Gasteiger partial charge is 0.336 e. The van der Waals surface area contributed by atoms with Crippen molar-refractivity contribution in [2.45, 2.75) is 11.7 Å². The molecule has 144 valence electrons. The van der Waals surface area contributed by atoms with E-state index in [4.69, 9.17) is 0 Å². The second kappa shape index (κ2) is 7.31. The van der Waals surface area contributed by atoms with Crippen molar-refractivity contribution < 1.29 is 17.6 Å². The Morgan fingerprint density at radius 3 is 2.57 bits per heavy atom. The topological polar surface area (TPSA) is 67.3 Å². The van der Waals surface area contributed by atoms with Gasteiger partial charge >= 0.3 is 0 Å². The minimum absolute atomic E-state index is 0.0701. The van der Waals surface area contributed by atoms with Crippen molar-refractivity contribution in [3.8, 4) is 0 Å². The Labute approximate surface area is 162 Å². The zero-order valence-electron chi connectivity index (χ0n) is 15.1. The Morgan fingerprint density at radius 1 is 1.00 bits per heavy atom. The van der Waals surface area contributed by atoms with Gasteiger partial charge in [-0.05, 0) is 24.6 Å². The Balaban J connectivity index is 1.60. The van der Waals surface area contributed by atoms with E-state index in [1.54, 1.807) is 12.1 Å². The summed E-state index contributed by atoms with van der Waals surface area (Å²) in [5.41, 5.74) is 1.15. The van der Waals surface area contributed by atoms with E-state index in [-0.39, 0.29) is 42.4 Å². The third-order valence-corrected chi connectivity index (χ3v) is 7.21. The van der Waals surface area contributed by atoms with E-state index >= 15 is 0 Å². The van der Waals surface area contributed by atoms with Gasteiger partial charge in [-0.2, -0.15) is 0 Å². The maximum Gasteiger partial charge on any atom is 0.272 e. The maximum atomic E-state index is 14.2. The number of benzene rings is 2. The fraction of sp³-hybridized carbons (Fsp3) is 0.238. The molecule has 7 heteroatoms. The number of sulfone groups is 1. The number of hydrogen-bond donors (Lipinski definition) is 0. The lowest BCUT2D eigenvalue weighted by Gasteiger charge is -2.19. The van der Waals surface area contributed by atoms with Crippen LogP contribution in [0.3, 0.4) is 0 Å². The Hall–Kier alpha value is -2.80. The quantitative estimate of drug-likeness (QED) is 0.664. The molecule has 1 aliphatic rings. The fourth-order valence-corrected chi connectivity index (χ4v) is 5.38. The average Bonchev–Trinajstić information content (AvgIpc) is 2.85. The van der Waals surface area contributed by atoms with Gasteiger partial charge in [0.25, 0.3) is 5.91 Å². The van der Waals surface area contributed by atoms with Crippen LogP contribution in [0.5, 0.6) is 0 Å². The average molecular weight is 398 g/mol. The van der Waals surface area contributed by atoms with Gasteiger partial charge in [-0.15, -0.1) is 0 Å². The smallest absolute Gasteiger partial charge is 0.272 e. The molecule has 1 unspecified atom stereocenters. The second-order valence-electron chi connectivity index (χ2n) is 6.85. The zero-order valence-corrected chi connectivity index (χ0v) is 15.9. The molecule has 0 radical (unpaired) electrons. The third-order valence-electron chi connectivity index (χ3n) is 5.10. The van der Waals surface area contributed by atoms with Gasteiger partial charge in [-0.3, -0.25) is 4.79 Å². The first-order valence-corrected chi connectivity index (χ1v) is 10.8. The molecular formula is C21H19FN2O3S. The molecule has 1 fully saturated rings. The van der Waals surface area contributed by atoms with Crippen molar-refractivity contribution in [2.24, 2.45) is 0 Å². The first-order chi connectivity index (χ1) is 13.5. The van der Waals surface area contributed by atoms with Crippen LogP contribution in [0.15, 0.2) is 60.7 Å². The van der Waals surface area contributed by atoms with Gasteiger partial charge in [0.15, 0.2) is 9.84 Å². The molecule has 5 nitrogen and oxygen atoms in total. The van der Waals surface area contributed by atoms with Gasteiger partial charge in [0.05, 0.1) is 16.5 Å². The lowest BCUT2D eigenvalue weighted by atomic mass is 10.1. The molecule has 2 heterocycles. The molecule has 28 heavy (non-hydrogen) atoms. The Morgan fingerprint density at radius 2 is 1.75 bits per heavy atom. The number of pyridine rings is 1. The number of fused-ring (bicyclic) bond motifs is 1. The number of halogens is 1. The van der Waals surface area contributed by atoms with E-state index in [2.05, 4.69) is 4.98 Å². The molecule has 2 aromatic carbocycles. The highest BCUT2D eigenvalue weighted by Crippen LogP contribution is 2.31. The molecule has 1 atom stereocenters. The Bertz CT molecular complexity index is 1150. The molecular weight excluding hydrogens is 379 g/mol. The summed E-state index contributed by atoms with van der Waals surface area (Å²) >= 11 is 0. The van der Waals surface area contributed by atoms with Gasteiger partial charge < -0.3 is 4.90 Å². The molecule has 4 rings (SSSR count). The van der Waals surface area contributed by atoms with Crippen LogP contribution in [-0.4, -0.2) is 43.1 Å². The van der Waals surface area contributed by atoms with E-state index < -0.39 is 20.9 Å². The molecule has 1 aliphatic heterocycles. The van der Waals surface area contributed by atoms with Crippen LogP contribution in [0.25, 0.3) is 10.9 Å². The summed E-state index contributed by atoms with van der Waals surface area (Å²) in [4.78, 5) is 18.8. The van der Waals surface area contributed by atoms with E-state index in [1.807, 2.05) is 30.3 Å². The summed E-state index contributed by atoms with van der Waals surface area (Å²) in [6.07, 6.45) is 0.155. The minimum atomic E-state index is -3.57. The Kier molecular flexibility index (Phi) is 4.85. The number of carbonyl (C=O) groups excluding carboxylic acids is 1. The first-order valence-electron chi connectivity index (χ1n) is 9.07. The number of amides is 1. The molecule has 1 amide bonds. The third kappa shape index (κ3) is 3.49. The van der Waals surface area contributed by atoms with Crippen molar-refractivity contribution in [3.05, 3.63) is 77.7 Å². The molecule has 0 spiro atoms. The van der Waals surface area contributed by atoms with E-state index in [9.17, 15) is 17.6 Å². The number of rotatable bonds is 2. The normalized spacial score (nSPS) is 19.3. The van der Waals surface area contributed by atoms with Crippen LogP contribution in [0, 0.1) is 5.82 Å². The number of aromatic nitrogens is 1. The molecule has 3 aromatic rings. The van der Waals surface area contributed by atoms with Crippen molar-refractivity contribution in [2.75, 3.05) is 18.8 Å². The highest BCUT2D eigenvalue weighted by Gasteiger charge is 2.34. The number of para-hydroxylation sites is 1. The second-order valence-corrected chi connectivity index (χ2v) is 9.15. The van der Waals surface area contributed by atoms with Crippen molar-refractivity contribution in [1.82, 2.24) is 9.88 Å². The van der Waals surface area contributed by atoms with Crippen molar-refractivity contribution >= 4 is 26.6 Å². The molecule has 1 saturated heterocycles. The van der Waals surface area contributed by atoms with Gasteiger partial charge in [-0.1, -0.05) is 42.5 Å². The van der Waals surface area contributed by atoms with E-state index in [0.29, 0.717) is 5.52 Å². The maximum absolute atomic E-state index is 14.2. The molecule has 0 N–H and O–H groups in total. The molecule has 0 saturated carbocycles. The standard InChI is InChI=1S/C21H19FN2O3S/c22-17-7-3-2-6-16(17)20-11-12-24(13-14-28(20,26)27)21(25)19-10-9-15-5-1-4-8-18(15)23-19/h1-10,20H,11-14H2. The lowest BCUT2D eigenvalue weighted by Crippen LogP contribution is -2.34. The van der Waals surface area contributed by atoms with Gasteiger partial charge in [0.2, 0.25) is 0 Å². The van der Waals surface area contributed by atoms with Crippen LogP contribution in [0.4, 0.5) is 4.39 Å². The predicted molar refractivity (Wildman–Crippen MR) is 105 cm³/mol. The molecule has 0 bridgehead atoms. The zero-order chi connectivity index (χ0) is 19.7. The van der Waals surface area contributed by atoms with Gasteiger partial charge in [-0.25, -0.2) is 17.8 Å². The van der Waals surface area contributed by atoms with Crippen LogP contribution < -0.4 is 0 Å². The molecule has 0 aliphatic carbocycles. The highest BCUT2D eigenvalue weighted by molar-refractivity contribution is 7.91. The summed E-state index contributed by atoms with van der Waals surface area (Å²) in [7, 11) is -3.57. The number of hydrogen-bond acceptors (Lipinski definition) is 4. The minimum Gasteiger partial charge on any atom is -0.336 e. The van der Waals surface area contributed by atoms with Crippen LogP contribution in [0.1, 0.15) is 27.7 Å². The summed E-state index contributed by atoms with van der Waals surface area (Å²) < 4.78 is 39.6. The van der Waals surface area contributed by atoms with Crippen molar-refractivity contribution in [1.29, 1.82) is 0 Å². The fourth-order valence-electron chi connectivity index (χ4n) is 3.58. The summed E-state index contributed by atoms with van der Waals surface area (Å²) in [5.74, 6) is -1.05. The van der Waals surface area contributed by atoms with E-state index in [0.717, 1.165) is 5.39 Å². The van der Waals surface area contributed by atoms with Crippen LogP contribution in [-0.2, 0) is 9.84 Å². The summed E-state index contributed by atoms with van der Waals surface area (Å²) in [6, 6.07) is 16.9. The highest BCUT2D eigenvalue weighted by atomic mass is 32.2. The lowest BCUT2D eigenvalue weighted by molar-refractivity contribution is 0.0761. The predicted octanol–water partition coefficient (Wildman–Crippen LogP) is 3.38. The SMILES string of the molecule is O=C(c1ccc2ccccc2n1)N1CCC(c2ccccc2F)S(=O)(=O)CC1. The number of nitrogens with zero attached hydrogens (tertiary/aromatic N) is 2. The number of carbonyl (C=O) groups is 1. The van der Waals surface area contributed by atoms with E-state index in [1.165, 1.54) is 23.1 Å². The summed E-state index contributed by atoms with van der Waals surface area (Å²) in [6.45, 7) is 0.298. The first kappa shape index (κ1) is 18.6. The van der Waals surface area contributed by atoms with Gasteiger partial charge in [0, 0.05) is 24.0 Å². The molecule has 1 aromatic heterocycles. The van der Waals surface area contributed by atoms with Gasteiger partial charge in [0.1, 0.15) is 11.5 Å². The monoisotopic (exact) mass is 398 g/mol. The van der Waals surface area contributed by atoms with Crippen molar-refractivity contribution in [3.63, 3.8) is 0 Å². The summed E-state index contributed by atoms with van der Waals surface area (Å²) in [5, 5.41) is -0.0202. The van der Waals surface area contributed by atoms with Crippen LogP contribution >= 0.6 is 0 Å². The van der Waals surface area contributed by atoms with Crippen LogP contribution in [0.2, 0.25) is 0 Å².